The van der Waals surface area contributed by atoms with E-state index in [1.165, 1.54) is 0 Å². The molecule has 1 aliphatic rings. The molecule has 0 aromatic heterocycles. The number of hydrogen-bond donors (Lipinski definition) is 2. The molecule has 1 fully saturated rings. The molecule has 1 amide bonds. The van der Waals surface area contributed by atoms with Crippen molar-refractivity contribution in [3.63, 3.8) is 0 Å². The van der Waals surface area contributed by atoms with Crippen LogP contribution < -0.4 is 11.1 Å². The maximum atomic E-state index is 11.7. The molecule has 0 spiro atoms. The molecule has 0 unspecified atom stereocenters. The third-order valence-electron chi connectivity index (χ3n) is 2.60. The molecular weight excluding hydrogens is 178 g/mol. The number of carbonyl (C=O) groups excluding carboxylic acids is 1. The van der Waals surface area contributed by atoms with Crippen LogP contribution in [0.25, 0.3) is 0 Å². The van der Waals surface area contributed by atoms with E-state index in [9.17, 15) is 4.79 Å². The molecule has 82 valence electrons. The lowest BCUT2D eigenvalue weighted by atomic mass is 9.93. The Labute approximate surface area is 85.8 Å². The molecule has 3 N–H and O–H groups in total. The number of carbonyl (C=O) groups is 1. The topological polar surface area (TPSA) is 58.4 Å². The Hall–Kier alpha value is -0.610. The van der Waals surface area contributed by atoms with E-state index in [1.807, 2.05) is 4.90 Å². The van der Waals surface area contributed by atoms with Gasteiger partial charge in [-0.05, 0) is 12.0 Å². The highest BCUT2D eigenvalue weighted by Crippen LogP contribution is 2.15. The molecule has 0 bridgehead atoms. The minimum absolute atomic E-state index is 0.0278. The van der Waals surface area contributed by atoms with Crippen LogP contribution >= 0.6 is 0 Å². The van der Waals surface area contributed by atoms with E-state index in [2.05, 4.69) is 19.2 Å². The molecule has 1 heterocycles. The predicted molar refractivity (Wildman–Crippen MR) is 56.9 cm³/mol. The first-order chi connectivity index (χ1) is 6.55. The predicted octanol–water partition coefficient (Wildman–Crippen LogP) is -0.207. The number of nitrogens with one attached hydrogen (secondary N) is 1. The first-order valence-electron chi connectivity index (χ1n) is 5.24. The summed E-state index contributed by atoms with van der Waals surface area (Å²) in [5.74, 6) is 0.247. The first-order valence-corrected chi connectivity index (χ1v) is 5.24. The number of nitrogens with zero attached hydrogens (tertiary/aromatic N) is 1. The van der Waals surface area contributed by atoms with E-state index in [-0.39, 0.29) is 11.3 Å². The van der Waals surface area contributed by atoms with Crippen LogP contribution in [-0.2, 0) is 4.79 Å². The van der Waals surface area contributed by atoms with Gasteiger partial charge >= 0.3 is 0 Å². The number of hydrogen-bond acceptors (Lipinski definition) is 3. The molecule has 0 aromatic rings. The van der Waals surface area contributed by atoms with Crippen LogP contribution in [0.1, 0.15) is 20.3 Å². The van der Waals surface area contributed by atoms with Crippen molar-refractivity contribution >= 4 is 5.91 Å². The van der Waals surface area contributed by atoms with Crippen LogP contribution in [0.4, 0.5) is 0 Å². The maximum absolute atomic E-state index is 11.7. The number of amides is 1. The minimum atomic E-state index is 0.0278. The lowest BCUT2D eigenvalue weighted by Gasteiger charge is -2.30. The van der Waals surface area contributed by atoms with Crippen LogP contribution in [0, 0.1) is 5.41 Å². The summed E-state index contributed by atoms with van der Waals surface area (Å²) >= 11 is 0. The summed E-state index contributed by atoms with van der Waals surface area (Å²) in [6, 6.07) is 0. The highest BCUT2D eigenvalue weighted by atomic mass is 16.2. The smallest absolute Gasteiger partial charge is 0.223 e. The summed E-state index contributed by atoms with van der Waals surface area (Å²) < 4.78 is 0. The van der Waals surface area contributed by atoms with Gasteiger partial charge in [-0.2, -0.15) is 0 Å². The fourth-order valence-electron chi connectivity index (χ4n) is 1.57. The second-order valence-corrected chi connectivity index (χ2v) is 4.68. The van der Waals surface area contributed by atoms with Gasteiger partial charge in [0, 0.05) is 32.6 Å². The maximum Gasteiger partial charge on any atom is 0.223 e. The van der Waals surface area contributed by atoms with Crippen molar-refractivity contribution in [1.82, 2.24) is 10.2 Å². The average Bonchev–Trinajstić information content (AvgIpc) is 2.32. The molecule has 0 saturated carbocycles. The van der Waals surface area contributed by atoms with E-state index in [0.717, 1.165) is 26.2 Å². The van der Waals surface area contributed by atoms with Gasteiger partial charge in [0.2, 0.25) is 5.91 Å². The summed E-state index contributed by atoms with van der Waals surface area (Å²) in [5.41, 5.74) is 5.68. The Balaban J connectivity index is 2.52. The molecule has 0 aromatic carbocycles. The van der Waals surface area contributed by atoms with Crippen molar-refractivity contribution in [3.05, 3.63) is 0 Å². The van der Waals surface area contributed by atoms with E-state index < -0.39 is 0 Å². The minimum Gasteiger partial charge on any atom is -0.341 e. The summed E-state index contributed by atoms with van der Waals surface area (Å²) in [5, 5.41) is 3.22. The summed E-state index contributed by atoms with van der Waals surface area (Å²) in [6.45, 7) is 8.08. The van der Waals surface area contributed by atoms with Crippen LogP contribution in [0.15, 0.2) is 0 Å². The molecule has 4 nitrogen and oxygen atoms in total. The first kappa shape index (κ1) is 11.5. The van der Waals surface area contributed by atoms with Gasteiger partial charge in [-0.1, -0.05) is 13.8 Å². The van der Waals surface area contributed by atoms with Crippen molar-refractivity contribution < 1.29 is 4.79 Å². The summed E-state index contributed by atoms with van der Waals surface area (Å²) in [7, 11) is 0. The van der Waals surface area contributed by atoms with Crippen LogP contribution in [0.5, 0.6) is 0 Å². The number of rotatable bonds is 3. The molecule has 14 heavy (non-hydrogen) atoms. The Morgan fingerprint density at radius 1 is 1.50 bits per heavy atom. The zero-order valence-corrected chi connectivity index (χ0v) is 9.18. The average molecular weight is 199 g/mol. The zero-order valence-electron chi connectivity index (χ0n) is 9.18. The van der Waals surface area contributed by atoms with Gasteiger partial charge in [-0.3, -0.25) is 4.79 Å². The van der Waals surface area contributed by atoms with Crippen molar-refractivity contribution in [1.29, 1.82) is 0 Å². The monoisotopic (exact) mass is 199 g/mol. The van der Waals surface area contributed by atoms with Gasteiger partial charge in [0.15, 0.2) is 0 Å². The molecule has 1 rings (SSSR count). The van der Waals surface area contributed by atoms with E-state index in [0.29, 0.717) is 13.0 Å². The highest BCUT2D eigenvalue weighted by molar-refractivity contribution is 5.76. The summed E-state index contributed by atoms with van der Waals surface area (Å²) in [6.07, 6.45) is 0.612. The molecule has 0 radical (unpaired) electrons. The fraction of sp³-hybridized carbons (Fsp3) is 0.900. The summed E-state index contributed by atoms with van der Waals surface area (Å²) in [4.78, 5) is 13.6. The standard InChI is InChI=1S/C10H21N3O/c1-10(2,7-11)8-13-6-5-12-4-3-9(13)14/h12H,3-8,11H2,1-2H3. The van der Waals surface area contributed by atoms with Crippen molar-refractivity contribution in [2.24, 2.45) is 11.1 Å². The van der Waals surface area contributed by atoms with Gasteiger partial charge in [0.05, 0.1) is 0 Å². The lowest BCUT2D eigenvalue weighted by molar-refractivity contribution is -0.131. The molecular formula is C10H21N3O. The van der Waals surface area contributed by atoms with Crippen LogP contribution in [0.3, 0.4) is 0 Å². The third kappa shape index (κ3) is 3.27. The van der Waals surface area contributed by atoms with Gasteiger partial charge in [0.1, 0.15) is 0 Å². The Morgan fingerprint density at radius 3 is 2.86 bits per heavy atom. The van der Waals surface area contributed by atoms with Crippen LogP contribution in [-0.4, -0.2) is 43.5 Å². The SMILES string of the molecule is CC(C)(CN)CN1CCNCCC1=O. The van der Waals surface area contributed by atoms with E-state index in [4.69, 9.17) is 5.73 Å². The van der Waals surface area contributed by atoms with Gasteiger partial charge < -0.3 is 16.0 Å². The van der Waals surface area contributed by atoms with Crippen molar-refractivity contribution in [3.8, 4) is 0 Å². The Bertz CT molecular complexity index is 204. The molecule has 1 saturated heterocycles. The Morgan fingerprint density at radius 2 is 2.21 bits per heavy atom. The normalized spacial score (nSPS) is 19.6. The van der Waals surface area contributed by atoms with Crippen molar-refractivity contribution in [2.75, 3.05) is 32.7 Å². The van der Waals surface area contributed by atoms with E-state index in [1.54, 1.807) is 0 Å². The highest BCUT2D eigenvalue weighted by Gasteiger charge is 2.24. The third-order valence-corrected chi connectivity index (χ3v) is 2.60. The molecule has 0 atom stereocenters. The quantitative estimate of drug-likeness (QED) is 0.661. The largest absolute Gasteiger partial charge is 0.341 e. The Kier molecular flexibility index (Phi) is 3.89. The number of nitrogens with two attached hydrogens (primary N) is 1. The second-order valence-electron chi connectivity index (χ2n) is 4.68. The van der Waals surface area contributed by atoms with Gasteiger partial charge in [0.25, 0.3) is 0 Å². The van der Waals surface area contributed by atoms with Gasteiger partial charge in [-0.15, -0.1) is 0 Å². The second kappa shape index (κ2) is 4.75. The van der Waals surface area contributed by atoms with E-state index >= 15 is 0 Å². The zero-order chi connectivity index (χ0) is 10.6. The van der Waals surface area contributed by atoms with Gasteiger partial charge in [-0.25, -0.2) is 0 Å². The molecule has 4 heteroatoms. The van der Waals surface area contributed by atoms with Crippen molar-refractivity contribution in [2.45, 2.75) is 20.3 Å². The van der Waals surface area contributed by atoms with Crippen LogP contribution in [0.2, 0.25) is 0 Å². The molecule has 0 aliphatic carbocycles. The fourth-order valence-corrected chi connectivity index (χ4v) is 1.57. The lowest BCUT2D eigenvalue weighted by Crippen LogP contribution is -2.42. The molecule has 1 aliphatic heterocycles.